The molecule has 15 heteroatoms. The Morgan fingerprint density at radius 2 is 1.53 bits per heavy atom. The number of nitrogens with one attached hydrogen (secondary N) is 2. The molecule has 0 aromatic heterocycles. The van der Waals surface area contributed by atoms with Crippen LogP contribution < -0.4 is 10.6 Å². The minimum Gasteiger partial charge on any atom is -0.481 e. The summed E-state index contributed by atoms with van der Waals surface area (Å²) in [6.45, 7) is 14.0. The highest BCUT2D eigenvalue weighted by atomic mass is 16.5. The van der Waals surface area contributed by atoms with Gasteiger partial charge in [-0.1, -0.05) is 85.2 Å². The third-order valence-electron chi connectivity index (χ3n) is 11.7. The average molecular weight is 818 g/mol. The van der Waals surface area contributed by atoms with E-state index in [-0.39, 0.29) is 54.7 Å². The lowest BCUT2D eigenvalue weighted by atomic mass is 9.89. The number of ether oxygens (including phenoxy) is 2. The zero-order valence-electron chi connectivity index (χ0n) is 36.6. The standard InChI is InChI=1S/C43H71N5O10/c1-12-28(6)38(47(9)42(54)36(26(2)3)45-41(53)37(27(4)5)46(8)22-17-21-35(50)51)33(57-10)25-34(49)48-23-16-20-32(48)39(58-11)29(7)40(52)44-31(43(55)56)24-30-18-14-13-15-19-30/h13-15,18-19,26-29,31-33,36-39H,12,16-17,20-25H2,1-11H3,(H,44,52)(H,45,53)(H,50,51)(H,55,56)/t28-,29+,31-,32-,33+,36-,37-,38-,39+/m0/s1. The number of aliphatic carboxylic acids is 2. The second-order valence-electron chi connectivity index (χ2n) is 16.6. The van der Waals surface area contributed by atoms with Crippen molar-refractivity contribution in [1.82, 2.24) is 25.3 Å². The van der Waals surface area contributed by atoms with Gasteiger partial charge >= 0.3 is 11.9 Å². The van der Waals surface area contributed by atoms with Crippen molar-refractivity contribution in [3.63, 3.8) is 0 Å². The van der Waals surface area contributed by atoms with Gasteiger partial charge in [-0.3, -0.25) is 28.9 Å². The van der Waals surface area contributed by atoms with Gasteiger partial charge in [0.25, 0.3) is 0 Å². The van der Waals surface area contributed by atoms with Gasteiger partial charge in [0.2, 0.25) is 23.6 Å². The fraction of sp³-hybridized carbons (Fsp3) is 0.721. The number of rotatable bonds is 25. The second-order valence-corrected chi connectivity index (χ2v) is 16.6. The lowest BCUT2D eigenvalue weighted by molar-refractivity contribution is -0.148. The molecule has 4 N–H and O–H groups in total. The molecule has 15 nitrogen and oxygen atoms in total. The van der Waals surface area contributed by atoms with Crippen molar-refractivity contribution in [2.45, 2.75) is 136 Å². The Bertz CT molecular complexity index is 1490. The van der Waals surface area contributed by atoms with Crippen molar-refractivity contribution >= 4 is 35.6 Å². The molecular weight excluding hydrogens is 746 g/mol. The Balaban J connectivity index is 2.27. The van der Waals surface area contributed by atoms with Gasteiger partial charge in [0.15, 0.2) is 0 Å². The molecule has 0 bridgehead atoms. The van der Waals surface area contributed by atoms with E-state index in [0.717, 1.165) is 5.56 Å². The van der Waals surface area contributed by atoms with Crippen molar-refractivity contribution in [1.29, 1.82) is 0 Å². The van der Waals surface area contributed by atoms with E-state index in [1.165, 1.54) is 14.2 Å². The van der Waals surface area contributed by atoms with Crippen molar-refractivity contribution in [2.24, 2.45) is 23.7 Å². The van der Waals surface area contributed by atoms with E-state index in [1.807, 2.05) is 64.6 Å². The first-order chi connectivity index (χ1) is 27.3. The molecule has 1 aromatic carbocycles. The van der Waals surface area contributed by atoms with Crippen LogP contribution in [-0.4, -0.2) is 144 Å². The first kappa shape index (κ1) is 50.1. The summed E-state index contributed by atoms with van der Waals surface area (Å²) in [6.07, 6.45) is 0.957. The van der Waals surface area contributed by atoms with Gasteiger partial charge in [-0.25, -0.2) is 4.79 Å². The smallest absolute Gasteiger partial charge is 0.326 e. The van der Waals surface area contributed by atoms with Gasteiger partial charge in [0, 0.05) is 40.7 Å². The summed E-state index contributed by atoms with van der Waals surface area (Å²) < 4.78 is 11.9. The number of carbonyl (C=O) groups excluding carboxylic acids is 4. The Kier molecular flexibility index (Phi) is 20.8. The average Bonchev–Trinajstić information content (AvgIpc) is 3.65. The van der Waals surface area contributed by atoms with Crippen molar-refractivity contribution in [2.75, 3.05) is 41.4 Å². The number of methoxy groups -OCH3 is 2. The minimum absolute atomic E-state index is 0.0128. The first-order valence-electron chi connectivity index (χ1n) is 20.7. The van der Waals surface area contributed by atoms with Gasteiger partial charge in [0.05, 0.1) is 42.7 Å². The molecule has 328 valence electrons. The molecule has 1 saturated heterocycles. The highest BCUT2D eigenvalue weighted by molar-refractivity contribution is 5.90. The molecule has 1 heterocycles. The Morgan fingerprint density at radius 3 is 2.05 bits per heavy atom. The summed E-state index contributed by atoms with van der Waals surface area (Å²) in [6, 6.07) is 5.45. The number of carbonyl (C=O) groups is 6. The highest BCUT2D eigenvalue weighted by Gasteiger charge is 2.43. The van der Waals surface area contributed by atoms with Crippen LogP contribution in [0.15, 0.2) is 30.3 Å². The fourth-order valence-electron chi connectivity index (χ4n) is 8.26. The molecule has 4 amide bonds. The number of amides is 4. The number of hydrogen-bond donors (Lipinski definition) is 4. The molecule has 0 spiro atoms. The van der Waals surface area contributed by atoms with E-state index in [4.69, 9.17) is 14.6 Å². The molecule has 1 aromatic rings. The predicted octanol–water partition coefficient (Wildman–Crippen LogP) is 3.68. The summed E-state index contributed by atoms with van der Waals surface area (Å²) in [5.41, 5.74) is 0.772. The summed E-state index contributed by atoms with van der Waals surface area (Å²) >= 11 is 0. The number of likely N-dealkylation sites (tertiary alicyclic amines) is 1. The largest absolute Gasteiger partial charge is 0.481 e. The maximum Gasteiger partial charge on any atom is 0.326 e. The molecule has 0 aliphatic carbocycles. The molecule has 2 rings (SSSR count). The van der Waals surface area contributed by atoms with Crippen LogP contribution in [-0.2, 0) is 44.7 Å². The molecule has 0 radical (unpaired) electrons. The van der Waals surface area contributed by atoms with Gasteiger partial charge in [-0.2, -0.15) is 0 Å². The van der Waals surface area contributed by atoms with E-state index in [0.29, 0.717) is 38.8 Å². The van der Waals surface area contributed by atoms with Gasteiger partial charge < -0.3 is 40.1 Å². The summed E-state index contributed by atoms with van der Waals surface area (Å²) in [7, 11) is 6.45. The van der Waals surface area contributed by atoms with Crippen molar-refractivity contribution < 1.29 is 48.5 Å². The molecule has 9 atom stereocenters. The number of carboxylic acid groups (broad SMARTS) is 2. The maximum absolute atomic E-state index is 14.4. The van der Waals surface area contributed by atoms with E-state index in [1.54, 1.807) is 43.0 Å². The fourth-order valence-corrected chi connectivity index (χ4v) is 8.26. The third-order valence-corrected chi connectivity index (χ3v) is 11.7. The van der Waals surface area contributed by atoms with Crippen molar-refractivity contribution in [3.05, 3.63) is 35.9 Å². The highest BCUT2D eigenvalue weighted by Crippen LogP contribution is 2.30. The number of likely N-dealkylation sites (N-methyl/N-ethyl adjacent to an activating group) is 2. The third kappa shape index (κ3) is 14.0. The molecule has 0 saturated carbocycles. The van der Waals surface area contributed by atoms with Crippen molar-refractivity contribution in [3.8, 4) is 0 Å². The first-order valence-corrected chi connectivity index (χ1v) is 20.7. The van der Waals surface area contributed by atoms with E-state index < -0.39 is 66.2 Å². The van der Waals surface area contributed by atoms with Crippen LogP contribution in [0, 0.1) is 23.7 Å². The summed E-state index contributed by atoms with van der Waals surface area (Å²) in [5, 5.41) is 24.7. The topological polar surface area (TPSA) is 195 Å². The quantitative estimate of drug-likeness (QED) is 0.112. The van der Waals surface area contributed by atoms with Gasteiger partial charge in [0.1, 0.15) is 12.1 Å². The molecular formula is C43H71N5O10. The number of benzene rings is 1. The summed E-state index contributed by atoms with van der Waals surface area (Å²) in [4.78, 5) is 84.3. The minimum atomic E-state index is -1.15. The number of nitrogens with zero attached hydrogens (tertiary/aromatic N) is 3. The molecule has 58 heavy (non-hydrogen) atoms. The van der Waals surface area contributed by atoms with Crippen LogP contribution >= 0.6 is 0 Å². The van der Waals surface area contributed by atoms with Crippen LogP contribution in [0.25, 0.3) is 0 Å². The van der Waals surface area contributed by atoms with Crippen LogP contribution in [0.4, 0.5) is 0 Å². The Morgan fingerprint density at radius 1 is 0.897 bits per heavy atom. The monoisotopic (exact) mass is 818 g/mol. The zero-order valence-corrected chi connectivity index (χ0v) is 36.6. The predicted molar refractivity (Wildman–Crippen MR) is 221 cm³/mol. The van der Waals surface area contributed by atoms with Gasteiger partial charge in [-0.15, -0.1) is 0 Å². The molecule has 0 unspecified atom stereocenters. The second kappa shape index (κ2) is 24.1. The number of hydrogen-bond acceptors (Lipinski definition) is 9. The molecule has 1 fully saturated rings. The Hall–Kier alpha value is -4.08. The van der Waals surface area contributed by atoms with Crippen LogP contribution in [0.3, 0.4) is 0 Å². The van der Waals surface area contributed by atoms with Crippen LogP contribution in [0.1, 0.15) is 92.6 Å². The molecule has 1 aliphatic heterocycles. The maximum atomic E-state index is 14.4. The van der Waals surface area contributed by atoms with E-state index in [2.05, 4.69) is 10.6 Å². The normalized spacial score (nSPS) is 18.5. The zero-order chi connectivity index (χ0) is 43.9. The van der Waals surface area contributed by atoms with E-state index >= 15 is 0 Å². The lowest BCUT2D eigenvalue weighted by Crippen LogP contribution is -2.60. The van der Waals surface area contributed by atoms with Crippen LogP contribution in [0.2, 0.25) is 0 Å². The SMILES string of the molecule is CC[C@H](C)[C@@H]([C@@H](CC(=O)N1CCC[C@H]1[C@H](OC)[C@@H](C)C(=O)N[C@@H](Cc1ccccc1)C(=O)O)OC)N(C)C(=O)[C@@H](NC(=O)[C@H](C(C)C)N(C)CCCC(=O)O)C(C)C. The lowest BCUT2D eigenvalue weighted by Gasteiger charge is -2.41. The molecule has 1 aliphatic rings. The summed E-state index contributed by atoms with van der Waals surface area (Å²) in [5.74, 6) is -4.66. The van der Waals surface area contributed by atoms with Crippen LogP contribution in [0.5, 0.6) is 0 Å². The van der Waals surface area contributed by atoms with E-state index in [9.17, 15) is 33.9 Å². The Labute approximate surface area is 345 Å². The number of carboxylic acids is 2. The van der Waals surface area contributed by atoms with Gasteiger partial charge in [-0.05, 0) is 56.2 Å².